The molecule has 0 radical (unpaired) electrons. The van der Waals surface area contributed by atoms with Gasteiger partial charge in [0.2, 0.25) is 6.79 Å². The Balaban J connectivity index is 1.47. The highest BCUT2D eigenvalue weighted by molar-refractivity contribution is 5.72. The number of carboxylic acids is 1. The predicted molar refractivity (Wildman–Crippen MR) is 98.9 cm³/mol. The minimum absolute atomic E-state index is 0.0699. The zero-order valence-electron chi connectivity index (χ0n) is 15.5. The minimum atomic E-state index is -0.756. The van der Waals surface area contributed by atoms with Gasteiger partial charge in [0.1, 0.15) is 5.82 Å². The molecule has 7 heteroatoms. The van der Waals surface area contributed by atoms with Crippen molar-refractivity contribution in [3.63, 3.8) is 0 Å². The van der Waals surface area contributed by atoms with E-state index in [4.69, 9.17) is 9.47 Å². The average Bonchev–Trinajstić information content (AvgIpc) is 3.39. The molecule has 2 aliphatic rings. The first-order valence-electron chi connectivity index (χ1n) is 9.51. The zero-order chi connectivity index (χ0) is 18.8. The van der Waals surface area contributed by atoms with Gasteiger partial charge in [-0.2, -0.15) is 0 Å². The second-order valence-electron chi connectivity index (χ2n) is 7.32. The highest BCUT2D eigenvalue weighted by Gasteiger charge is 2.39. The number of H-pyrrole nitrogens is 1. The van der Waals surface area contributed by atoms with Gasteiger partial charge in [0.25, 0.3) is 0 Å². The summed E-state index contributed by atoms with van der Waals surface area (Å²) in [5, 5.41) is 9.72. The van der Waals surface area contributed by atoms with Crippen molar-refractivity contribution in [1.29, 1.82) is 0 Å². The summed E-state index contributed by atoms with van der Waals surface area (Å²) >= 11 is 0. The molecule has 27 heavy (non-hydrogen) atoms. The summed E-state index contributed by atoms with van der Waals surface area (Å²) in [6.07, 6.45) is 5.08. The van der Waals surface area contributed by atoms with Gasteiger partial charge in [-0.3, -0.25) is 9.69 Å². The number of ether oxygens (including phenoxy) is 2. The third kappa shape index (κ3) is 3.78. The van der Waals surface area contributed by atoms with Gasteiger partial charge in [0.05, 0.1) is 5.92 Å². The Bertz CT molecular complexity index is 819. The summed E-state index contributed by atoms with van der Waals surface area (Å²) in [6.45, 7) is 4.29. The summed E-state index contributed by atoms with van der Waals surface area (Å²) in [4.78, 5) is 21.8. The lowest BCUT2D eigenvalue weighted by molar-refractivity contribution is -0.141. The number of nitrogens with zero attached hydrogens (tertiary/aromatic N) is 2. The summed E-state index contributed by atoms with van der Waals surface area (Å²) < 4.78 is 10.8. The van der Waals surface area contributed by atoms with Crippen LogP contribution < -0.4 is 9.47 Å². The van der Waals surface area contributed by atoms with Crippen molar-refractivity contribution in [1.82, 2.24) is 14.9 Å². The lowest BCUT2D eigenvalue weighted by Gasteiger charge is -2.16. The average molecular weight is 371 g/mol. The van der Waals surface area contributed by atoms with Crippen LogP contribution in [0, 0.1) is 5.92 Å². The Morgan fingerprint density at radius 2 is 2.19 bits per heavy atom. The first-order valence-corrected chi connectivity index (χ1v) is 9.51. The van der Waals surface area contributed by atoms with Gasteiger partial charge in [-0.1, -0.05) is 19.4 Å². The lowest BCUT2D eigenvalue weighted by Crippen LogP contribution is -2.23. The minimum Gasteiger partial charge on any atom is -0.481 e. The number of unbranched alkanes of at least 4 members (excludes halogenated alkanes) is 1. The van der Waals surface area contributed by atoms with Gasteiger partial charge in [0, 0.05) is 43.9 Å². The molecule has 144 valence electrons. The Morgan fingerprint density at radius 1 is 1.33 bits per heavy atom. The maximum absolute atomic E-state index is 11.8. The van der Waals surface area contributed by atoms with E-state index in [-0.39, 0.29) is 12.7 Å². The molecule has 3 heterocycles. The van der Waals surface area contributed by atoms with Crippen molar-refractivity contribution in [2.45, 2.75) is 38.6 Å². The van der Waals surface area contributed by atoms with E-state index in [1.807, 2.05) is 24.4 Å². The van der Waals surface area contributed by atoms with Crippen LogP contribution in [0.3, 0.4) is 0 Å². The number of benzene rings is 1. The van der Waals surface area contributed by atoms with Crippen LogP contribution in [0.1, 0.15) is 42.8 Å². The van der Waals surface area contributed by atoms with Gasteiger partial charge >= 0.3 is 5.97 Å². The number of fused-ring (bicyclic) bond motifs is 1. The molecule has 0 amide bonds. The molecule has 2 aromatic rings. The molecule has 2 aliphatic heterocycles. The van der Waals surface area contributed by atoms with Crippen LogP contribution in [0.5, 0.6) is 11.5 Å². The van der Waals surface area contributed by atoms with E-state index in [2.05, 4.69) is 21.8 Å². The number of aromatic amines is 1. The fourth-order valence-electron chi connectivity index (χ4n) is 3.94. The fourth-order valence-corrected chi connectivity index (χ4v) is 3.94. The van der Waals surface area contributed by atoms with Crippen LogP contribution in [-0.4, -0.2) is 45.8 Å². The number of hydrogen-bond donors (Lipinski definition) is 2. The number of aryl methyl sites for hydroxylation is 1. The molecule has 2 atom stereocenters. The van der Waals surface area contributed by atoms with Crippen molar-refractivity contribution < 1.29 is 19.4 Å². The molecule has 1 fully saturated rings. The molecule has 0 spiro atoms. The number of likely N-dealkylation sites (tertiary alicyclic amines) is 1. The van der Waals surface area contributed by atoms with Crippen LogP contribution in [0.25, 0.3) is 0 Å². The second kappa shape index (κ2) is 7.60. The molecular weight excluding hydrogens is 346 g/mol. The maximum atomic E-state index is 11.8. The highest BCUT2D eigenvalue weighted by Crippen LogP contribution is 2.39. The van der Waals surface area contributed by atoms with E-state index in [9.17, 15) is 9.90 Å². The Labute approximate surface area is 158 Å². The molecule has 1 aromatic carbocycles. The topological polar surface area (TPSA) is 87.7 Å². The molecule has 0 saturated carbocycles. The molecule has 0 bridgehead atoms. The molecule has 7 nitrogen and oxygen atoms in total. The maximum Gasteiger partial charge on any atom is 0.308 e. The quantitative estimate of drug-likeness (QED) is 0.778. The third-order valence-corrected chi connectivity index (χ3v) is 5.38. The van der Waals surface area contributed by atoms with Crippen molar-refractivity contribution in [2.24, 2.45) is 5.92 Å². The monoisotopic (exact) mass is 371 g/mol. The third-order valence-electron chi connectivity index (χ3n) is 5.38. The van der Waals surface area contributed by atoms with Crippen LogP contribution in [-0.2, 0) is 17.8 Å². The van der Waals surface area contributed by atoms with E-state index in [1.165, 1.54) is 0 Å². The van der Waals surface area contributed by atoms with E-state index < -0.39 is 11.9 Å². The fraction of sp³-hybridized carbons (Fsp3) is 0.500. The Kier molecular flexibility index (Phi) is 5.03. The molecule has 4 rings (SSSR count). The molecule has 1 saturated heterocycles. The number of aromatic nitrogens is 2. The first kappa shape index (κ1) is 17.9. The van der Waals surface area contributed by atoms with Crippen molar-refractivity contribution in [2.75, 3.05) is 19.9 Å². The first-order chi connectivity index (χ1) is 13.1. The van der Waals surface area contributed by atoms with Crippen LogP contribution in [0.15, 0.2) is 24.4 Å². The predicted octanol–water partition coefficient (Wildman–Crippen LogP) is 2.78. The molecule has 0 aliphatic carbocycles. The number of carboxylic acid groups (broad SMARTS) is 1. The van der Waals surface area contributed by atoms with E-state index in [0.29, 0.717) is 25.4 Å². The van der Waals surface area contributed by atoms with Crippen molar-refractivity contribution in [3.8, 4) is 11.5 Å². The van der Waals surface area contributed by atoms with Crippen LogP contribution in [0.2, 0.25) is 0 Å². The van der Waals surface area contributed by atoms with E-state index in [1.54, 1.807) is 0 Å². The SMILES string of the molecule is CCCCc1ncc(CN2C[C@@H](C(=O)O)[C@H](c3ccc4c(c3)OCO4)C2)[nH]1. The van der Waals surface area contributed by atoms with Crippen molar-refractivity contribution >= 4 is 5.97 Å². The number of carbonyl (C=O) groups is 1. The van der Waals surface area contributed by atoms with Crippen LogP contribution >= 0.6 is 0 Å². The molecular formula is C20H25N3O4. The van der Waals surface area contributed by atoms with Gasteiger partial charge in [0.15, 0.2) is 11.5 Å². The second-order valence-corrected chi connectivity index (χ2v) is 7.32. The van der Waals surface area contributed by atoms with Gasteiger partial charge in [-0.25, -0.2) is 4.98 Å². The Hall–Kier alpha value is -2.54. The molecule has 0 unspecified atom stereocenters. The number of rotatable bonds is 7. The van der Waals surface area contributed by atoms with Crippen LogP contribution in [0.4, 0.5) is 0 Å². The number of hydrogen-bond acceptors (Lipinski definition) is 5. The summed E-state index contributed by atoms with van der Waals surface area (Å²) in [7, 11) is 0. The summed E-state index contributed by atoms with van der Waals surface area (Å²) in [5.41, 5.74) is 2.03. The molecule has 1 aromatic heterocycles. The largest absolute Gasteiger partial charge is 0.481 e. The Morgan fingerprint density at radius 3 is 3.00 bits per heavy atom. The number of nitrogens with one attached hydrogen (secondary N) is 1. The normalized spacial score (nSPS) is 21.7. The smallest absolute Gasteiger partial charge is 0.308 e. The van der Waals surface area contributed by atoms with Crippen molar-refractivity contribution in [3.05, 3.63) is 41.5 Å². The number of imidazole rings is 1. The van der Waals surface area contributed by atoms with Gasteiger partial charge in [-0.05, 0) is 24.1 Å². The number of aliphatic carboxylic acids is 1. The molecule has 2 N–H and O–H groups in total. The van der Waals surface area contributed by atoms with E-state index >= 15 is 0 Å². The standard InChI is InChI=1S/C20H25N3O4/c1-2-3-4-19-21-8-14(22-19)9-23-10-15(16(11-23)20(24)25)13-5-6-17-18(7-13)27-12-26-17/h5-8,15-16H,2-4,9-12H2,1H3,(H,21,22)(H,24,25)/t15-,16+/m0/s1. The lowest BCUT2D eigenvalue weighted by atomic mass is 9.89. The van der Waals surface area contributed by atoms with Gasteiger partial charge < -0.3 is 19.6 Å². The highest BCUT2D eigenvalue weighted by atomic mass is 16.7. The summed E-state index contributed by atoms with van der Waals surface area (Å²) in [5.74, 6) is 1.16. The summed E-state index contributed by atoms with van der Waals surface area (Å²) in [6, 6.07) is 5.75. The zero-order valence-corrected chi connectivity index (χ0v) is 15.5. The van der Waals surface area contributed by atoms with E-state index in [0.717, 1.165) is 42.1 Å². The van der Waals surface area contributed by atoms with Gasteiger partial charge in [-0.15, -0.1) is 0 Å².